The van der Waals surface area contributed by atoms with Crippen molar-refractivity contribution in [2.75, 3.05) is 33.4 Å². The molecular weight excluding hydrogens is 256 g/mol. The molecule has 5 heteroatoms. The van der Waals surface area contributed by atoms with Gasteiger partial charge in [-0.05, 0) is 25.0 Å². The summed E-state index contributed by atoms with van der Waals surface area (Å²) in [7, 11) is 1.64. The number of imide groups is 1. The van der Waals surface area contributed by atoms with Crippen molar-refractivity contribution < 1.29 is 14.3 Å². The zero-order chi connectivity index (χ0) is 14.7. The zero-order valence-electron chi connectivity index (χ0n) is 12.2. The van der Waals surface area contributed by atoms with Gasteiger partial charge in [0.2, 0.25) is 0 Å². The number of carbonyl (C=O) groups excluding carboxylic acids is 2. The van der Waals surface area contributed by atoms with Crippen LogP contribution in [0.3, 0.4) is 0 Å². The lowest BCUT2D eigenvalue weighted by Crippen LogP contribution is -2.37. The minimum absolute atomic E-state index is 0.181. The molecule has 1 aromatic rings. The Kier molecular flexibility index (Phi) is 4.52. The fraction of sp³-hybridized carbons (Fsp3) is 0.467. The molecule has 0 atom stereocenters. The maximum absolute atomic E-state index is 12.4. The van der Waals surface area contributed by atoms with Crippen molar-refractivity contribution in [3.05, 3.63) is 34.4 Å². The molecule has 0 fully saturated rings. The Hall–Kier alpha value is -1.72. The fourth-order valence-corrected chi connectivity index (χ4v) is 2.42. The molecule has 0 saturated heterocycles. The number of carbonyl (C=O) groups is 2. The topological polar surface area (TPSA) is 58.6 Å². The largest absolute Gasteiger partial charge is 0.383 e. The fourth-order valence-electron chi connectivity index (χ4n) is 2.42. The molecule has 108 valence electrons. The van der Waals surface area contributed by atoms with Crippen molar-refractivity contribution in [3.8, 4) is 0 Å². The summed E-state index contributed by atoms with van der Waals surface area (Å²) in [6, 6.07) is 3.78. The number of aryl methyl sites for hydroxylation is 2. The average molecular weight is 276 g/mol. The lowest BCUT2D eigenvalue weighted by molar-refractivity contribution is 0.0654. The number of hydrogen-bond acceptors (Lipinski definition) is 4. The van der Waals surface area contributed by atoms with Crippen LogP contribution in [0.25, 0.3) is 0 Å². The minimum Gasteiger partial charge on any atom is -0.383 e. The van der Waals surface area contributed by atoms with Gasteiger partial charge in [0.15, 0.2) is 0 Å². The predicted molar refractivity (Wildman–Crippen MR) is 76.0 cm³/mol. The highest BCUT2D eigenvalue weighted by Gasteiger charge is 2.37. The molecule has 20 heavy (non-hydrogen) atoms. The summed E-state index contributed by atoms with van der Waals surface area (Å²) in [6.07, 6.45) is 0. The van der Waals surface area contributed by atoms with Crippen molar-refractivity contribution >= 4 is 11.8 Å². The standard InChI is InChI=1S/C15H20N2O3/c1-10-4-5-11(2)13-12(10)14(18)17(15(13)19)8-6-16-7-9-20-3/h4-5,16H,6-9H2,1-3H3. The van der Waals surface area contributed by atoms with Crippen molar-refractivity contribution in [2.24, 2.45) is 0 Å². The number of rotatable bonds is 6. The van der Waals surface area contributed by atoms with E-state index < -0.39 is 0 Å². The highest BCUT2D eigenvalue weighted by Crippen LogP contribution is 2.28. The first-order chi connectivity index (χ1) is 9.57. The summed E-state index contributed by atoms with van der Waals surface area (Å²) in [6.45, 7) is 6.01. The molecule has 1 N–H and O–H groups in total. The minimum atomic E-state index is -0.181. The van der Waals surface area contributed by atoms with E-state index in [4.69, 9.17) is 4.74 Å². The van der Waals surface area contributed by atoms with Crippen LogP contribution in [-0.4, -0.2) is 50.1 Å². The molecule has 0 aliphatic carbocycles. The van der Waals surface area contributed by atoms with Crippen LogP contribution in [0.2, 0.25) is 0 Å². The molecule has 5 nitrogen and oxygen atoms in total. The predicted octanol–water partition coefficient (Wildman–Crippen LogP) is 1.14. The molecule has 1 heterocycles. The normalized spacial score (nSPS) is 14.1. The van der Waals surface area contributed by atoms with E-state index >= 15 is 0 Å². The summed E-state index contributed by atoms with van der Waals surface area (Å²) in [5.41, 5.74) is 2.84. The lowest BCUT2D eigenvalue weighted by Gasteiger charge is -2.14. The first kappa shape index (κ1) is 14.7. The number of nitrogens with zero attached hydrogens (tertiary/aromatic N) is 1. The van der Waals surface area contributed by atoms with Crippen LogP contribution in [0, 0.1) is 13.8 Å². The number of ether oxygens (including phenoxy) is 1. The molecule has 0 radical (unpaired) electrons. The van der Waals surface area contributed by atoms with Crippen LogP contribution in [0.5, 0.6) is 0 Å². The Morgan fingerprint density at radius 2 is 1.60 bits per heavy atom. The molecule has 0 aromatic heterocycles. The Morgan fingerprint density at radius 1 is 1.05 bits per heavy atom. The van der Waals surface area contributed by atoms with Crippen LogP contribution in [0.4, 0.5) is 0 Å². The van der Waals surface area contributed by atoms with Crippen LogP contribution in [-0.2, 0) is 4.74 Å². The van der Waals surface area contributed by atoms with Gasteiger partial charge in [0.25, 0.3) is 11.8 Å². The summed E-state index contributed by atoms with van der Waals surface area (Å²) in [5.74, 6) is -0.362. The van der Waals surface area contributed by atoms with Gasteiger partial charge in [0, 0.05) is 26.7 Å². The van der Waals surface area contributed by atoms with Crippen molar-refractivity contribution in [2.45, 2.75) is 13.8 Å². The number of amides is 2. The van der Waals surface area contributed by atoms with Crippen molar-refractivity contribution in [1.82, 2.24) is 10.2 Å². The van der Waals surface area contributed by atoms with E-state index in [9.17, 15) is 9.59 Å². The van der Waals surface area contributed by atoms with Gasteiger partial charge < -0.3 is 10.1 Å². The van der Waals surface area contributed by atoms with Gasteiger partial charge in [-0.1, -0.05) is 12.1 Å². The van der Waals surface area contributed by atoms with E-state index in [1.807, 2.05) is 26.0 Å². The maximum atomic E-state index is 12.4. The van der Waals surface area contributed by atoms with E-state index in [1.54, 1.807) is 7.11 Å². The number of fused-ring (bicyclic) bond motifs is 1. The zero-order valence-corrected chi connectivity index (χ0v) is 12.2. The Balaban J connectivity index is 2.08. The second-order valence-electron chi connectivity index (χ2n) is 4.95. The van der Waals surface area contributed by atoms with Gasteiger partial charge in [0.05, 0.1) is 17.7 Å². The van der Waals surface area contributed by atoms with Gasteiger partial charge in [-0.2, -0.15) is 0 Å². The van der Waals surface area contributed by atoms with Gasteiger partial charge in [-0.15, -0.1) is 0 Å². The first-order valence-electron chi connectivity index (χ1n) is 6.74. The summed E-state index contributed by atoms with van der Waals surface area (Å²) in [5, 5.41) is 3.14. The maximum Gasteiger partial charge on any atom is 0.261 e. The van der Waals surface area contributed by atoms with Gasteiger partial charge >= 0.3 is 0 Å². The van der Waals surface area contributed by atoms with E-state index in [1.165, 1.54) is 4.90 Å². The second-order valence-corrected chi connectivity index (χ2v) is 4.95. The van der Waals surface area contributed by atoms with Crippen LogP contribution in [0.1, 0.15) is 31.8 Å². The third-order valence-electron chi connectivity index (χ3n) is 3.54. The third kappa shape index (κ3) is 2.59. The molecular formula is C15H20N2O3. The smallest absolute Gasteiger partial charge is 0.261 e. The summed E-state index contributed by atoms with van der Waals surface area (Å²) >= 11 is 0. The Morgan fingerprint density at radius 3 is 2.10 bits per heavy atom. The molecule has 1 aliphatic rings. The Labute approximate surface area is 118 Å². The highest BCUT2D eigenvalue weighted by molar-refractivity contribution is 6.22. The molecule has 1 aliphatic heterocycles. The SMILES string of the molecule is COCCNCCN1C(=O)c2c(C)ccc(C)c2C1=O. The first-order valence-corrected chi connectivity index (χ1v) is 6.74. The summed E-state index contributed by atoms with van der Waals surface area (Å²) < 4.78 is 4.93. The van der Waals surface area contributed by atoms with Gasteiger partial charge in [0.1, 0.15) is 0 Å². The summed E-state index contributed by atoms with van der Waals surface area (Å²) in [4.78, 5) is 26.0. The van der Waals surface area contributed by atoms with E-state index in [0.717, 1.165) is 11.1 Å². The highest BCUT2D eigenvalue weighted by atomic mass is 16.5. The second kappa shape index (κ2) is 6.15. The van der Waals surface area contributed by atoms with E-state index in [-0.39, 0.29) is 11.8 Å². The quantitative estimate of drug-likeness (QED) is 0.625. The third-order valence-corrected chi connectivity index (χ3v) is 3.54. The monoisotopic (exact) mass is 276 g/mol. The number of benzene rings is 1. The molecule has 0 unspecified atom stereocenters. The molecule has 0 bridgehead atoms. The molecule has 2 rings (SSSR count). The average Bonchev–Trinajstić information content (AvgIpc) is 2.68. The molecule has 0 saturated carbocycles. The number of nitrogens with one attached hydrogen (secondary N) is 1. The molecule has 0 spiro atoms. The van der Waals surface area contributed by atoms with Crippen LogP contribution in [0.15, 0.2) is 12.1 Å². The Bertz CT molecular complexity index is 499. The molecule has 2 amide bonds. The lowest BCUT2D eigenvalue weighted by atomic mass is 9.99. The van der Waals surface area contributed by atoms with Crippen molar-refractivity contribution in [1.29, 1.82) is 0 Å². The van der Waals surface area contributed by atoms with E-state index in [2.05, 4.69) is 5.32 Å². The van der Waals surface area contributed by atoms with Crippen LogP contribution < -0.4 is 5.32 Å². The number of methoxy groups -OCH3 is 1. The van der Waals surface area contributed by atoms with Gasteiger partial charge in [-0.25, -0.2) is 0 Å². The van der Waals surface area contributed by atoms with Crippen LogP contribution >= 0.6 is 0 Å². The molecule has 1 aromatic carbocycles. The van der Waals surface area contributed by atoms with E-state index in [0.29, 0.717) is 37.4 Å². The van der Waals surface area contributed by atoms with Crippen molar-refractivity contribution in [3.63, 3.8) is 0 Å². The van der Waals surface area contributed by atoms with Gasteiger partial charge in [-0.3, -0.25) is 14.5 Å². The number of hydrogen-bond donors (Lipinski definition) is 1.